The summed E-state index contributed by atoms with van der Waals surface area (Å²) in [4.78, 5) is 15.4. The van der Waals surface area contributed by atoms with Crippen molar-refractivity contribution < 1.29 is 4.79 Å². The molecule has 3 heteroatoms. The third kappa shape index (κ3) is 3.21. The molecule has 0 saturated carbocycles. The Balaban J connectivity index is 2.37. The molecule has 0 radical (unpaired) electrons. The van der Waals surface area contributed by atoms with E-state index in [2.05, 4.69) is 43.2 Å². The van der Waals surface area contributed by atoms with Crippen LogP contribution in [-0.2, 0) is 5.41 Å². The Kier molecular flexibility index (Phi) is 3.41. The summed E-state index contributed by atoms with van der Waals surface area (Å²) >= 11 is 0. The van der Waals surface area contributed by atoms with Gasteiger partial charge in [-0.25, -0.2) is 0 Å². The molecule has 0 spiro atoms. The van der Waals surface area contributed by atoms with E-state index >= 15 is 0 Å². The number of amides is 1. The van der Waals surface area contributed by atoms with E-state index in [9.17, 15) is 4.79 Å². The minimum absolute atomic E-state index is 0.0639. The molecule has 2 rings (SSSR count). The lowest BCUT2D eigenvalue weighted by Gasteiger charge is -2.19. The molecule has 1 aromatic heterocycles. The molecule has 0 bridgehead atoms. The van der Waals surface area contributed by atoms with E-state index in [4.69, 9.17) is 0 Å². The average Bonchev–Trinajstić information content (AvgIpc) is 2.67. The summed E-state index contributed by atoms with van der Waals surface area (Å²) in [5.41, 5.74) is 2.76. The monoisotopic (exact) mass is 272 g/mol. The highest BCUT2D eigenvalue weighted by Crippen LogP contribution is 2.26. The quantitative estimate of drug-likeness (QED) is 0.810. The Morgan fingerprint density at radius 2 is 1.70 bits per heavy atom. The molecule has 0 atom stereocenters. The van der Waals surface area contributed by atoms with Gasteiger partial charge in [0.25, 0.3) is 5.91 Å². The number of rotatable bonds is 1. The molecule has 0 aliphatic heterocycles. The topological polar surface area (TPSA) is 44.9 Å². The van der Waals surface area contributed by atoms with Crippen LogP contribution in [0.15, 0.2) is 24.3 Å². The molecule has 2 aromatic rings. The fraction of sp³-hybridized carbons (Fsp3) is 0.471. The highest BCUT2D eigenvalue weighted by molar-refractivity contribution is 5.98. The van der Waals surface area contributed by atoms with Gasteiger partial charge >= 0.3 is 0 Å². The first-order valence-electron chi connectivity index (χ1n) is 7.02. The lowest BCUT2D eigenvalue weighted by atomic mass is 9.86. The number of H-pyrrole nitrogens is 1. The maximum Gasteiger partial charge on any atom is 0.268 e. The second-order valence-corrected chi connectivity index (χ2v) is 7.44. The number of carbonyl (C=O) groups excluding carboxylic acids is 1. The van der Waals surface area contributed by atoms with Gasteiger partial charge in [0.15, 0.2) is 0 Å². The second-order valence-electron chi connectivity index (χ2n) is 7.44. The van der Waals surface area contributed by atoms with Gasteiger partial charge in [-0.2, -0.15) is 0 Å². The first-order chi connectivity index (χ1) is 9.06. The zero-order valence-corrected chi connectivity index (χ0v) is 13.2. The van der Waals surface area contributed by atoms with Crippen molar-refractivity contribution in [3.05, 3.63) is 35.5 Å². The SMILES string of the molecule is CC(C)(C)NC(=O)c1cc2cc(C(C)(C)C)ccc2[nH]1. The maximum atomic E-state index is 12.2. The molecule has 1 heterocycles. The Morgan fingerprint density at radius 3 is 2.25 bits per heavy atom. The lowest BCUT2D eigenvalue weighted by Crippen LogP contribution is -2.40. The Labute approximate surface area is 120 Å². The minimum Gasteiger partial charge on any atom is -0.351 e. The van der Waals surface area contributed by atoms with Crippen LogP contribution in [0, 0.1) is 0 Å². The smallest absolute Gasteiger partial charge is 0.268 e. The molecule has 1 amide bonds. The fourth-order valence-electron chi connectivity index (χ4n) is 2.13. The molecule has 1 aromatic carbocycles. The van der Waals surface area contributed by atoms with Crippen LogP contribution >= 0.6 is 0 Å². The summed E-state index contributed by atoms with van der Waals surface area (Å²) in [6, 6.07) is 8.24. The van der Waals surface area contributed by atoms with Crippen molar-refractivity contribution in [1.29, 1.82) is 0 Å². The molecule has 20 heavy (non-hydrogen) atoms. The molecule has 0 aliphatic rings. The van der Waals surface area contributed by atoms with E-state index in [-0.39, 0.29) is 16.9 Å². The van der Waals surface area contributed by atoms with Crippen molar-refractivity contribution in [2.24, 2.45) is 0 Å². The van der Waals surface area contributed by atoms with Crippen LogP contribution in [-0.4, -0.2) is 16.4 Å². The molecule has 0 aliphatic carbocycles. The van der Waals surface area contributed by atoms with Gasteiger partial charge in [0, 0.05) is 16.4 Å². The van der Waals surface area contributed by atoms with E-state index in [1.54, 1.807) is 0 Å². The van der Waals surface area contributed by atoms with Crippen molar-refractivity contribution in [2.75, 3.05) is 0 Å². The number of benzene rings is 1. The van der Waals surface area contributed by atoms with Gasteiger partial charge in [0.2, 0.25) is 0 Å². The predicted molar refractivity (Wildman–Crippen MR) is 84.2 cm³/mol. The van der Waals surface area contributed by atoms with Crippen molar-refractivity contribution in [3.8, 4) is 0 Å². The fourth-order valence-corrected chi connectivity index (χ4v) is 2.13. The predicted octanol–water partition coefficient (Wildman–Crippen LogP) is 3.99. The molecule has 0 fully saturated rings. The van der Waals surface area contributed by atoms with Gasteiger partial charge in [-0.1, -0.05) is 26.8 Å². The van der Waals surface area contributed by atoms with Gasteiger partial charge < -0.3 is 10.3 Å². The third-order valence-electron chi connectivity index (χ3n) is 3.22. The largest absolute Gasteiger partial charge is 0.351 e. The molecule has 0 saturated heterocycles. The van der Waals surface area contributed by atoms with Crippen molar-refractivity contribution in [1.82, 2.24) is 10.3 Å². The van der Waals surface area contributed by atoms with E-state index in [0.29, 0.717) is 5.69 Å². The number of hydrogen-bond donors (Lipinski definition) is 2. The summed E-state index contributed by atoms with van der Waals surface area (Å²) in [7, 11) is 0. The standard InChI is InChI=1S/C17H24N2O/c1-16(2,3)12-7-8-13-11(9-12)10-14(18-13)15(20)19-17(4,5)6/h7-10,18H,1-6H3,(H,19,20). The number of nitrogens with one attached hydrogen (secondary N) is 2. The highest BCUT2D eigenvalue weighted by atomic mass is 16.2. The molecule has 108 valence electrons. The average molecular weight is 272 g/mol. The number of carbonyl (C=O) groups is 1. The van der Waals surface area contributed by atoms with Gasteiger partial charge in [-0.3, -0.25) is 4.79 Å². The van der Waals surface area contributed by atoms with Crippen LogP contribution in [0.2, 0.25) is 0 Å². The number of aromatic amines is 1. The Bertz CT molecular complexity index is 639. The zero-order chi connectivity index (χ0) is 15.1. The molecule has 2 N–H and O–H groups in total. The molecular formula is C17H24N2O. The van der Waals surface area contributed by atoms with Crippen LogP contribution < -0.4 is 5.32 Å². The van der Waals surface area contributed by atoms with E-state index in [0.717, 1.165) is 10.9 Å². The van der Waals surface area contributed by atoms with Crippen LogP contribution in [0.4, 0.5) is 0 Å². The Hall–Kier alpha value is -1.77. The van der Waals surface area contributed by atoms with Crippen molar-refractivity contribution in [3.63, 3.8) is 0 Å². The normalized spacial score (nSPS) is 12.7. The molecule has 3 nitrogen and oxygen atoms in total. The number of aromatic nitrogens is 1. The lowest BCUT2D eigenvalue weighted by molar-refractivity contribution is 0.0915. The molecule has 0 unspecified atom stereocenters. The van der Waals surface area contributed by atoms with Crippen molar-refractivity contribution in [2.45, 2.75) is 52.5 Å². The van der Waals surface area contributed by atoms with Crippen LogP contribution in [0.25, 0.3) is 10.9 Å². The zero-order valence-electron chi connectivity index (χ0n) is 13.2. The van der Waals surface area contributed by atoms with Gasteiger partial charge in [0.05, 0.1) is 0 Å². The summed E-state index contributed by atoms with van der Waals surface area (Å²) in [5, 5.41) is 4.05. The van der Waals surface area contributed by atoms with Gasteiger partial charge in [-0.15, -0.1) is 0 Å². The van der Waals surface area contributed by atoms with E-state index in [1.807, 2.05) is 32.9 Å². The molecular weight excluding hydrogens is 248 g/mol. The van der Waals surface area contributed by atoms with Gasteiger partial charge in [0.1, 0.15) is 5.69 Å². The van der Waals surface area contributed by atoms with Crippen LogP contribution in [0.3, 0.4) is 0 Å². The van der Waals surface area contributed by atoms with Crippen LogP contribution in [0.5, 0.6) is 0 Å². The summed E-state index contributed by atoms with van der Waals surface area (Å²) in [6.07, 6.45) is 0. The third-order valence-corrected chi connectivity index (χ3v) is 3.22. The number of fused-ring (bicyclic) bond motifs is 1. The van der Waals surface area contributed by atoms with Gasteiger partial charge in [-0.05, 0) is 49.9 Å². The summed E-state index contributed by atoms with van der Waals surface area (Å²) in [5.74, 6) is -0.0639. The van der Waals surface area contributed by atoms with Crippen LogP contribution in [0.1, 0.15) is 57.6 Å². The maximum absolute atomic E-state index is 12.2. The van der Waals surface area contributed by atoms with Crippen molar-refractivity contribution >= 4 is 16.8 Å². The summed E-state index contributed by atoms with van der Waals surface area (Å²) in [6.45, 7) is 12.5. The first-order valence-corrected chi connectivity index (χ1v) is 7.02. The minimum atomic E-state index is -0.231. The first kappa shape index (κ1) is 14.6. The van der Waals surface area contributed by atoms with E-state index in [1.165, 1.54) is 5.56 Å². The highest BCUT2D eigenvalue weighted by Gasteiger charge is 2.18. The summed E-state index contributed by atoms with van der Waals surface area (Å²) < 4.78 is 0. The second kappa shape index (κ2) is 4.65. The van der Waals surface area contributed by atoms with E-state index < -0.39 is 0 Å². The Morgan fingerprint density at radius 1 is 1.05 bits per heavy atom. The number of hydrogen-bond acceptors (Lipinski definition) is 1.